The molecule has 1 aromatic heterocycles. The number of nitrogens with zero attached hydrogens (tertiary/aromatic N) is 3. The molecule has 5 rings (SSSR count). The van der Waals surface area contributed by atoms with Gasteiger partial charge in [0.25, 0.3) is 5.91 Å². The van der Waals surface area contributed by atoms with E-state index in [9.17, 15) is 14.7 Å². The summed E-state index contributed by atoms with van der Waals surface area (Å²) in [6.07, 6.45) is 5.79. The van der Waals surface area contributed by atoms with Gasteiger partial charge in [-0.3, -0.25) is 4.79 Å². The maximum absolute atomic E-state index is 13.4. The highest BCUT2D eigenvalue weighted by molar-refractivity contribution is 6.30. The summed E-state index contributed by atoms with van der Waals surface area (Å²) >= 11 is 6.24. The van der Waals surface area contributed by atoms with Crippen molar-refractivity contribution in [1.29, 1.82) is 0 Å². The number of carboxylic acid groups (broad SMARTS) is 1. The molecule has 0 saturated heterocycles. The highest BCUT2D eigenvalue weighted by Crippen LogP contribution is 2.41. The van der Waals surface area contributed by atoms with E-state index in [-0.39, 0.29) is 22.9 Å². The number of amides is 1. The predicted molar refractivity (Wildman–Crippen MR) is 134 cm³/mol. The van der Waals surface area contributed by atoms with Gasteiger partial charge in [0.1, 0.15) is 0 Å². The Morgan fingerprint density at radius 3 is 2.66 bits per heavy atom. The zero-order chi connectivity index (χ0) is 24.6. The molecule has 2 aromatic carbocycles. The molecule has 1 amide bonds. The molecule has 2 heterocycles. The number of aromatic carboxylic acids is 1. The lowest BCUT2D eigenvalue weighted by molar-refractivity contribution is 0.0571. The molecule has 1 fully saturated rings. The molecule has 7 nitrogen and oxygen atoms in total. The summed E-state index contributed by atoms with van der Waals surface area (Å²) in [7, 11) is 0. The molecule has 1 aliphatic heterocycles. The lowest BCUT2D eigenvalue weighted by Crippen LogP contribution is -2.49. The van der Waals surface area contributed by atoms with Crippen molar-refractivity contribution in [3.05, 3.63) is 82.1 Å². The summed E-state index contributed by atoms with van der Waals surface area (Å²) in [4.78, 5) is 35.7. The SMILES string of the molecule is NCC1(c2cccc(Cl)c2)CCC(N2CCc3nc(-c4cccc(C(=O)O)c4)ncc3C2=O)CC1. The molecule has 8 heteroatoms. The van der Waals surface area contributed by atoms with E-state index in [0.29, 0.717) is 47.2 Å². The highest BCUT2D eigenvalue weighted by atomic mass is 35.5. The lowest BCUT2D eigenvalue weighted by Gasteiger charge is -2.44. The molecule has 1 saturated carbocycles. The van der Waals surface area contributed by atoms with Gasteiger partial charge < -0.3 is 15.7 Å². The van der Waals surface area contributed by atoms with Gasteiger partial charge in [-0.1, -0.05) is 35.9 Å². The minimum Gasteiger partial charge on any atom is -0.478 e. The average Bonchev–Trinajstić information content (AvgIpc) is 2.89. The number of halogens is 1. The topological polar surface area (TPSA) is 109 Å². The maximum atomic E-state index is 13.4. The molecule has 0 bridgehead atoms. The Kier molecular flexibility index (Phi) is 6.30. The van der Waals surface area contributed by atoms with Gasteiger partial charge in [-0.2, -0.15) is 0 Å². The Hall–Kier alpha value is -3.29. The first-order valence-corrected chi connectivity index (χ1v) is 12.2. The normalized spacial score (nSPS) is 22.1. The molecular weight excluding hydrogens is 464 g/mol. The first-order valence-electron chi connectivity index (χ1n) is 11.9. The van der Waals surface area contributed by atoms with E-state index in [1.807, 2.05) is 23.1 Å². The van der Waals surface area contributed by atoms with Gasteiger partial charge in [-0.15, -0.1) is 0 Å². The Balaban J connectivity index is 1.32. The van der Waals surface area contributed by atoms with Crippen LogP contribution in [0, 0.1) is 0 Å². The maximum Gasteiger partial charge on any atom is 0.335 e. The third-order valence-electron chi connectivity index (χ3n) is 7.50. The largest absolute Gasteiger partial charge is 0.478 e. The summed E-state index contributed by atoms with van der Waals surface area (Å²) in [5.74, 6) is -0.609. The molecule has 0 spiro atoms. The van der Waals surface area contributed by atoms with Crippen LogP contribution in [0.3, 0.4) is 0 Å². The number of carbonyl (C=O) groups is 2. The van der Waals surface area contributed by atoms with Crippen molar-refractivity contribution < 1.29 is 14.7 Å². The second kappa shape index (κ2) is 9.40. The zero-order valence-electron chi connectivity index (χ0n) is 19.3. The number of nitrogens with two attached hydrogens (primary N) is 1. The van der Waals surface area contributed by atoms with Crippen molar-refractivity contribution in [2.24, 2.45) is 5.73 Å². The van der Waals surface area contributed by atoms with Gasteiger partial charge in [0.05, 0.1) is 16.8 Å². The first kappa shape index (κ1) is 23.5. The number of hydrogen-bond acceptors (Lipinski definition) is 5. The van der Waals surface area contributed by atoms with Crippen molar-refractivity contribution in [3.63, 3.8) is 0 Å². The predicted octanol–water partition coefficient (Wildman–Crippen LogP) is 4.33. The minimum atomic E-state index is -1.00. The summed E-state index contributed by atoms with van der Waals surface area (Å²) in [5.41, 5.74) is 9.35. The number of aromatic nitrogens is 2. The fourth-order valence-corrected chi connectivity index (χ4v) is 5.63. The van der Waals surface area contributed by atoms with Crippen molar-refractivity contribution >= 4 is 23.5 Å². The van der Waals surface area contributed by atoms with Gasteiger partial charge >= 0.3 is 5.97 Å². The molecule has 0 atom stereocenters. The fourth-order valence-electron chi connectivity index (χ4n) is 5.44. The van der Waals surface area contributed by atoms with Crippen LogP contribution in [-0.4, -0.2) is 51.0 Å². The van der Waals surface area contributed by atoms with E-state index in [1.165, 1.54) is 11.6 Å². The third-order valence-corrected chi connectivity index (χ3v) is 7.73. The van der Waals surface area contributed by atoms with E-state index < -0.39 is 5.97 Å². The number of carboxylic acids is 1. The lowest BCUT2D eigenvalue weighted by atomic mass is 9.68. The number of hydrogen-bond donors (Lipinski definition) is 2. The van der Waals surface area contributed by atoms with Crippen LogP contribution in [0.5, 0.6) is 0 Å². The first-order chi connectivity index (χ1) is 16.9. The van der Waals surface area contributed by atoms with Crippen molar-refractivity contribution in [2.45, 2.75) is 43.6 Å². The van der Waals surface area contributed by atoms with Crippen molar-refractivity contribution in [1.82, 2.24) is 14.9 Å². The summed E-state index contributed by atoms with van der Waals surface area (Å²) in [5, 5.41) is 9.97. The van der Waals surface area contributed by atoms with Crippen LogP contribution in [-0.2, 0) is 11.8 Å². The minimum absolute atomic E-state index is 0.0370. The number of rotatable bonds is 5. The standard InChI is InChI=1S/C27H27ClN4O3/c28-20-6-2-5-19(14-20)27(16-29)10-7-21(8-11-27)32-12-9-23-22(25(32)33)15-30-24(31-23)17-3-1-4-18(13-17)26(34)35/h1-6,13-15,21H,7-12,16,29H2,(H,34,35). The molecule has 180 valence electrons. The summed E-state index contributed by atoms with van der Waals surface area (Å²) in [6, 6.07) is 14.6. The molecular formula is C27H27ClN4O3. The van der Waals surface area contributed by atoms with Gasteiger partial charge in [0.15, 0.2) is 5.82 Å². The van der Waals surface area contributed by atoms with Crippen LogP contribution in [0.25, 0.3) is 11.4 Å². The Bertz CT molecular complexity index is 1290. The van der Waals surface area contributed by atoms with Crippen LogP contribution >= 0.6 is 11.6 Å². The molecule has 0 unspecified atom stereocenters. The van der Waals surface area contributed by atoms with E-state index in [4.69, 9.17) is 17.3 Å². The fraction of sp³-hybridized carbons (Fsp3) is 0.333. The Morgan fingerprint density at radius 2 is 1.94 bits per heavy atom. The molecule has 35 heavy (non-hydrogen) atoms. The van der Waals surface area contributed by atoms with Crippen molar-refractivity contribution in [2.75, 3.05) is 13.1 Å². The highest BCUT2D eigenvalue weighted by Gasteiger charge is 2.40. The summed E-state index contributed by atoms with van der Waals surface area (Å²) in [6.45, 7) is 1.16. The van der Waals surface area contributed by atoms with Gasteiger partial charge in [-0.05, 0) is 55.5 Å². The van der Waals surface area contributed by atoms with Gasteiger partial charge in [-0.25, -0.2) is 14.8 Å². The molecule has 0 radical (unpaired) electrons. The van der Waals surface area contributed by atoms with E-state index in [0.717, 1.165) is 25.7 Å². The molecule has 3 N–H and O–H groups in total. The third kappa shape index (κ3) is 4.42. The van der Waals surface area contributed by atoms with Gasteiger partial charge in [0.2, 0.25) is 0 Å². The summed E-state index contributed by atoms with van der Waals surface area (Å²) < 4.78 is 0. The Morgan fingerprint density at radius 1 is 1.17 bits per heavy atom. The smallest absolute Gasteiger partial charge is 0.335 e. The quantitative estimate of drug-likeness (QED) is 0.550. The van der Waals surface area contributed by atoms with Crippen LogP contribution in [0.2, 0.25) is 5.02 Å². The number of fused-ring (bicyclic) bond motifs is 1. The second-order valence-electron chi connectivity index (χ2n) is 9.41. The van der Waals surface area contributed by atoms with Crippen LogP contribution in [0.15, 0.2) is 54.7 Å². The van der Waals surface area contributed by atoms with Crippen LogP contribution in [0.4, 0.5) is 0 Å². The van der Waals surface area contributed by atoms with Crippen molar-refractivity contribution in [3.8, 4) is 11.4 Å². The van der Waals surface area contributed by atoms with Crippen LogP contribution < -0.4 is 5.73 Å². The van der Waals surface area contributed by atoms with Gasteiger partial charge in [0, 0.05) is 47.8 Å². The zero-order valence-corrected chi connectivity index (χ0v) is 20.0. The second-order valence-corrected chi connectivity index (χ2v) is 9.85. The van der Waals surface area contributed by atoms with Crippen LogP contribution in [0.1, 0.15) is 57.7 Å². The molecule has 2 aliphatic rings. The Labute approximate surface area is 209 Å². The monoisotopic (exact) mass is 490 g/mol. The van der Waals surface area contributed by atoms with E-state index in [2.05, 4.69) is 16.0 Å². The number of carbonyl (C=O) groups excluding carboxylic acids is 1. The molecule has 1 aliphatic carbocycles. The molecule has 3 aromatic rings. The van der Waals surface area contributed by atoms with E-state index >= 15 is 0 Å². The van der Waals surface area contributed by atoms with E-state index in [1.54, 1.807) is 24.4 Å². The number of benzene rings is 2. The average molecular weight is 491 g/mol.